The summed E-state index contributed by atoms with van der Waals surface area (Å²) in [5.41, 5.74) is 0.529. The fourth-order valence-corrected chi connectivity index (χ4v) is 1.63. The third-order valence-corrected chi connectivity index (χ3v) is 3.07. The highest BCUT2D eigenvalue weighted by atomic mass is 19.2. The van der Waals surface area contributed by atoms with Crippen LogP contribution in [0.1, 0.15) is 30.8 Å². The first-order valence-electron chi connectivity index (χ1n) is 6.84. The largest absolute Gasteiger partial charge is 0.348 e. The third kappa shape index (κ3) is 3.97. The van der Waals surface area contributed by atoms with E-state index in [-0.39, 0.29) is 17.6 Å². The van der Waals surface area contributed by atoms with Crippen LogP contribution in [0, 0.1) is 11.6 Å². The van der Waals surface area contributed by atoms with Crippen LogP contribution >= 0.6 is 0 Å². The molecule has 0 radical (unpaired) electrons. The number of carbonyl (C=O) groups excluding carboxylic acids is 1. The molecule has 0 aliphatic carbocycles. The first-order chi connectivity index (χ1) is 10.5. The molecule has 2 aromatic rings. The van der Waals surface area contributed by atoms with Gasteiger partial charge in [0.2, 0.25) is 0 Å². The Kier molecular flexibility index (Phi) is 4.98. The molecule has 1 atom stereocenters. The highest BCUT2D eigenvalue weighted by Gasteiger charge is 2.10. The number of benzene rings is 1. The van der Waals surface area contributed by atoms with Crippen LogP contribution in [0.5, 0.6) is 0 Å². The van der Waals surface area contributed by atoms with Gasteiger partial charge in [0.1, 0.15) is 11.5 Å². The average Bonchev–Trinajstić information content (AvgIpc) is 2.51. The third-order valence-electron chi connectivity index (χ3n) is 3.07. The van der Waals surface area contributed by atoms with Crippen molar-refractivity contribution in [3.05, 3.63) is 47.9 Å². The summed E-state index contributed by atoms with van der Waals surface area (Å²) in [7, 11) is 0. The lowest BCUT2D eigenvalue weighted by Crippen LogP contribution is -2.32. The van der Waals surface area contributed by atoms with Crippen LogP contribution in [0.25, 0.3) is 0 Å². The van der Waals surface area contributed by atoms with Crippen molar-refractivity contribution in [1.29, 1.82) is 0 Å². The maximum atomic E-state index is 13.1. The predicted octanol–water partition coefficient (Wildman–Crippen LogP) is 3.03. The zero-order valence-corrected chi connectivity index (χ0v) is 12.2. The predicted molar refractivity (Wildman–Crippen MR) is 78.9 cm³/mol. The van der Waals surface area contributed by atoms with Crippen LogP contribution in [0.15, 0.2) is 30.6 Å². The van der Waals surface area contributed by atoms with E-state index in [0.29, 0.717) is 11.5 Å². The van der Waals surface area contributed by atoms with E-state index in [1.165, 1.54) is 18.5 Å². The van der Waals surface area contributed by atoms with E-state index in [1.807, 2.05) is 13.8 Å². The van der Waals surface area contributed by atoms with Crippen LogP contribution in [0.2, 0.25) is 0 Å². The highest BCUT2D eigenvalue weighted by Crippen LogP contribution is 2.16. The van der Waals surface area contributed by atoms with Gasteiger partial charge < -0.3 is 10.6 Å². The molecular formula is C15H16F2N4O. The zero-order valence-electron chi connectivity index (χ0n) is 12.2. The molecule has 1 heterocycles. The van der Waals surface area contributed by atoms with Gasteiger partial charge in [0.25, 0.3) is 5.91 Å². The summed E-state index contributed by atoms with van der Waals surface area (Å²) in [6, 6.07) is 3.46. The maximum absolute atomic E-state index is 13.1. The number of nitrogens with zero attached hydrogens (tertiary/aromatic N) is 2. The summed E-state index contributed by atoms with van der Waals surface area (Å²) in [6.07, 6.45) is 3.49. The molecule has 0 spiro atoms. The summed E-state index contributed by atoms with van der Waals surface area (Å²) in [6.45, 7) is 3.86. The summed E-state index contributed by atoms with van der Waals surface area (Å²) < 4.78 is 25.9. The highest BCUT2D eigenvalue weighted by molar-refractivity contribution is 5.92. The van der Waals surface area contributed by atoms with Gasteiger partial charge in [-0.25, -0.2) is 18.7 Å². The second-order valence-corrected chi connectivity index (χ2v) is 4.82. The number of nitrogens with one attached hydrogen (secondary N) is 2. The molecule has 1 aromatic heterocycles. The Hall–Kier alpha value is -2.57. The average molecular weight is 306 g/mol. The van der Waals surface area contributed by atoms with Crippen LogP contribution < -0.4 is 10.6 Å². The van der Waals surface area contributed by atoms with Crippen molar-refractivity contribution in [3.63, 3.8) is 0 Å². The van der Waals surface area contributed by atoms with Gasteiger partial charge in [-0.05, 0) is 25.5 Å². The summed E-state index contributed by atoms with van der Waals surface area (Å²) in [5, 5.41) is 5.55. The molecule has 0 fully saturated rings. The minimum atomic E-state index is -0.956. The molecule has 0 aliphatic heterocycles. The standard InChI is InChI=1S/C15H16F2N4O/c1-3-9(2)20-15(22)13-7-19-14(8-18-13)21-10-4-5-11(16)12(17)6-10/h4-9H,3H2,1-2H3,(H,19,21)(H,20,22). The Morgan fingerprint density at radius 2 is 2.00 bits per heavy atom. The van der Waals surface area contributed by atoms with Gasteiger partial charge in [-0.1, -0.05) is 6.92 Å². The summed E-state index contributed by atoms with van der Waals surface area (Å²) in [5.74, 6) is -1.86. The van der Waals surface area contributed by atoms with E-state index < -0.39 is 11.6 Å². The molecule has 1 amide bonds. The molecule has 116 valence electrons. The monoisotopic (exact) mass is 306 g/mol. The van der Waals surface area contributed by atoms with E-state index in [1.54, 1.807) is 0 Å². The lowest BCUT2D eigenvalue weighted by Gasteiger charge is -2.11. The Morgan fingerprint density at radius 3 is 2.59 bits per heavy atom. The van der Waals surface area contributed by atoms with Gasteiger partial charge in [-0.15, -0.1) is 0 Å². The fraction of sp³-hybridized carbons (Fsp3) is 0.267. The zero-order chi connectivity index (χ0) is 16.1. The molecule has 2 rings (SSSR count). The van der Waals surface area contributed by atoms with E-state index in [2.05, 4.69) is 20.6 Å². The Morgan fingerprint density at radius 1 is 1.23 bits per heavy atom. The number of rotatable bonds is 5. The van der Waals surface area contributed by atoms with Crippen LogP contribution in [-0.2, 0) is 0 Å². The SMILES string of the molecule is CCC(C)NC(=O)c1cnc(Nc2ccc(F)c(F)c2)cn1. The Balaban J connectivity index is 2.05. The minimum Gasteiger partial charge on any atom is -0.348 e. The van der Waals surface area contributed by atoms with Crippen molar-refractivity contribution < 1.29 is 13.6 Å². The molecule has 0 aliphatic rings. The number of carbonyl (C=O) groups is 1. The van der Waals surface area contributed by atoms with Gasteiger partial charge in [-0.3, -0.25) is 4.79 Å². The van der Waals surface area contributed by atoms with Crippen molar-refractivity contribution in [2.24, 2.45) is 0 Å². The molecular weight excluding hydrogens is 290 g/mol. The van der Waals surface area contributed by atoms with Crippen molar-refractivity contribution >= 4 is 17.4 Å². The van der Waals surface area contributed by atoms with Gasteiger partial charge >= 0.3 is 0 Å². The molecule has 0 saturated carbocycles. The van der Waals surface area contributed by atoms with E-state index >= 15 is 0 Å². The summed E-state index contributed by atoms with van der Waals surface area (Å²) >= 11 is 0. The van der Waals surface area contributed by atoms with Gasteiger partial charge in [0.05, 0.1) is 12.4 Å². The second-order valence-electron chi connectivity index (χ2n) is 4.82. The molecule has 5 nitrogen and oxygen atoms in total. The molecule has 1 aromatic carbocycles. The van der Waals surface area contributed by atoms with Crippen LogP contribution in [-0.4, -0.2) is 21.9 Å². The number of halogens is 2. The van der Waals surface area contributed by atoms with Crippen molar-refractivity contribution in [1.82, 2.24) is 15.3 Å². The fourth-order valence-electron chi connectivity index (χ4n) is 1.63. The first kappa shape index (κ1) is 15.8. The Bertz CT molecular complexity index is 661. The normalized spacial score (nSPS) is 11.8. The first-order valence-corrected chi connectivity index (χ1v) is 6.84. The summed E-state index contributed by atoms with van der Waals surface area (Å²) in [4.78, 5) is 19.9. The molecule has 0 saturated heterocycles. The number of hydrogen-bond donors (Lipinski definition) is 2. The lowest BCUT2D eigenvalue weighted by molar-refractivity contribution is 0.0934. The molecule has 1 unspecified atom stereocenters. The maximum Gasteiger partial charge on any atom is 0.271 e. The Labute approximate surface area is 126 Å². The number of aromatic nitrogens is 2. The van der Waals surface area contributed by atoms with Crippen molar-refractivity contribution in [2.75, 3.05) is 5.32 Å². The van der Waals surface area contributed by atoms with Crippen molar-refractivity contribution in [3.8, 4) is 0 Å². The number of anilines is 2. The molecule has 22 heavy (non-hydrogen) atoms. The van der Waals surface area contributed by atoms with Crippen LogP contribution in [0.3, 0.4) is 0 Å². The molecule has 0 bridgehead atoms. The molecule has 2 N–H and O–H groups in total. The van der Waals surface area contributed by atoms with E-state index in [4.69, 9.17) is 0 Å². The molecule has 7 heteroatoms. The number of hydrogen-bond acceptors (Lipinski definition) is 4. The lowest BCUT2D eigenvalue weighted by atomic mass is 10.2. The van der Waals surface area contributed by atoms with Gasteiger partial charge in [-0.2, -0.15) is 0 Å². The van der Waals surface area contributed by atoms with E-state index in [0.717, 1.165) is 18.6 Å². The minimum absolute atomic E-state index is 0.0503. The van der Waals surface area contributed by atoms with E-state index in [9.17, 15) is 13.6 Å². The van der Waals surface area contributed by atoms with Crippen molar-refractivity contribution in [2.45, 2.75) is 26.3 Å². The second kappa shape index (κ2) is 6.93. The smallest absolute Gasteiger partial charge is 0.271 e. The quantitative estimate of drug-likeness (QED) is 0.891. The van der Waals surface area contributed by atoms with Gasteiger partial charge in [0.15, 0.2) is 11.6 Å². The number of amides is 1. The van der Waals surface area contributed by atoms with Crippen LogP contribution in [0.4, 0.5) is 20.3 Å². The topological polar surface area (TPSA) is 66.9 Å². The van der Waals surface area contributed by atoms with Gasteiger partial charge in [0, 0.05) is 17.8 Å².